The third-order valence-electron chi connectivity index (χ3n) is 4.39. The topological polar surface area (TPSA) is 81.1 Å². The van der Waals surface area contributed by atoms with Crippen LogP contribution in [-0.2, 0) is 14.8 Å². The molecule has 146 valence electrons. The third kappa shape index (κ3) is 3.56. The average Bonchev–Trinajstić information content (AvgIpc) is 3.10. The maximum absolute atomic E-state index is 13.5. The molecule has 0 aliphatic heterocycles. The maximum atomic E-state index is 13.5. The second kappa shape index (κ2) is 7.46. The third-order valence-corrected chi connectivity index (χ3v) is 6.80. The van der Waals surface area contributed by atoms with Crippen molar-refractivity contribution in [2.45, 2.75) is 11.8 Å². The van der Waals surface area contributed by atoms with Crippen LogP contribution in [0.1, 0.15) is 6.92 Å². The fourth-order valence-corrected chi connectivity index (χ4v) is 5.03. The van der Waals surface area contributed by atoms with E-state index < -0.39 is 10.0 Å². The number of benzene rings is 2. The van der Waals surface area contributed by atoms with E-state index in [1.807, 2.05) is 0 Å². The number of fused-ring (bicyclic) bond motifs is 1. The molecule has 2 aromatic heterocycles. The summed E-state index contributed by atoms with van der Waals surface area (Å²) in [5.74, 6) is -0.174. The molecule has 0 aliphatic carbocycles. The zero-order chi connectivity index (χ0) is 20.6. The Morgan fingerprint density at radius 1 is 1.03 bits per heavy atom. The molecule has 29 heavy (non-hydrogen) atoms. The van der Waals surface area contributed by atoms with Crippen molar-refractivity contribution in [1.29, 1.82) is 0 Å². The molecule has 0 radical (unpaired) electrons. The monoisotopic (exact) mass is 469 g/mol. The van der Waals surface area contributed by atoms with Gasteiger partial charge in [0.05, 0.1) is 10.6 Å². The minimum atomic E-state index is -3.88. The number of hydrogen-bond acceptors (Lipinski definition) is 4. The van der Waals surface area contributed by atoms with Crippen molar-refractivity contribution in [3.8, 4) is 11.3 Å². The molecule has 1 N–H and O–H groups in total. The standard InChI is InChI=1S/C21H16BrN3O3S/c1-14(26)24-16-9-7-15(8-10-16)20-13-18-19(22)11-12-23-21(18)25(20)29(27,28)17-5-3-2-4-6-17/h2-13H,1H3,(H,24,26). The number of hydrogen-bond donors (Lipinski definition) is 1. The molecule has 1 amide bonds. The van der Waals surface area contributed by atoms with Crippen LogP contribution in [0, 0.1) is 0 Å². The minimum absolute atomic E-state index is 0.174. The number of rotatable bonds is 4. The van der Waals surface area contributed by atoms with Gasteiger partial charge in [0.25, 0.3) is 10.0 Å². The number of aromatic nitrogens is 2. The Morgan fingerprint density at radius 2 is 1.72 bits per heavy atom. The highest BCUT2D eigenvalue weighted by Crippen LogP contribution is 2.34. The van der Waals surface area contributed by atoms with Gasteiger partial charge in [-0.2, -0.15) is 0 Å². The molecule has 0 saturated carbocycles. The number of nitrogens with one attached hydrogen (secondary N) is 1. The zero-order valence-electron chi connectivity index (χ0n) is 15.3. The number of carbonyl (C=O) groups excluding carboxylic acids is 1. The van der Waals surface area contributed by atoms with E-state index in [-0.39, 0.29) is 10.8 Å². The van der Waals surface area contributed by atoms with Gasteiger partial charge in [-0.05, 0) is 57.9 Å². The van der Waals surface area contributed by atoms with Gasteiger partial charge in [-0.1, -0.05) is 30.3 Å². The van der Waals surface area contributed by atoms with E-state index in [4.69, 9.17) is 0 Å². The first kappa shape index (κ1) is 19.4. The predicted octanol–water partition coefficient (Wildman–Crippen LogP) is 4.66. The van der Waals surface area contributed by atoms with E-state index in [9.17, 15) is 13.2 Å². The van der Waals surface area contributed by atoms with Crippen molar-refractivity contribution in [1.82, 2.24) is 8.96 Å². The van der Waals surface area contributed by atoms with Crippen LogP contribution < -0.4 is 5.32 Å². The van der Waals surface area contributed by atoms with Gasteiger partial charge in [0, 0.05) is 28.7 Å². The zero-order valence-corrected chi connectivity index (χ0v) is 17.7. The first-order valence-corrected chi connectivity index (χ1v) is 11.0. The lowest BCUT2D eigenvalue weighted by atomic mass is 10.1. The Kier molecular flexibility index (Phi) is 4.97. The number of halogens is 1. The van der Waals surface area contributed by atoms with Gasteiger partial charge in [0.1, 0.15) is 0 Å². The number of pyridine rings is 1. The summed E-state index contributed by atoms with van der Waals surface area (Å²) in [5, 5.41) is 3.39. The fourth-order valence-electron chi connectivity index (χ4n) is 3.11. The first-order chi connectivity index (χ1) is 13.9. The molecule has 0 aliphatic rings. The molecule has 2 aromatic carbocycles. The summed E-state index contributed by atoms with van der Waals surface area (Å²) in [4.78, 5) is 15.8. The second-order valence-electron chi connectivity index (χ2n) is 6.40. The summed E-state index contributed by atoms with van der Waals surface area (Å²) >= 11 is 3.48. The Labute approximate surface area is 176 Å². The molecule has 0 atom stereocenters. The van der Waals surface area contributed by atoms with Crippen LogP contribution in [-0.4, -0.2) is 23.3 Å². The van der Waals surface area contributed by atoms with E-state index in [1.54, 1.807) is 72.9 Å². The highest BCUT2D eigenvalue weighted by atomic mass is 79.9. The van der Waals surface area contributed by atoms with Crippen LogP contribution in [0.25, 0.3) is 22.3 Å². The quantitative estimate of drug-likeness (QED) is 0.471. The van der Waals surface area contributed by atoms with Crippen molar-refractivity contribution >= 4 is 48.6 Å². The van der Waals surface area contributed by atoms with Crippen molar-refractivity contribution in [2.24, 2.45) is 0 Å². The second-order valence-corrected chi connectivity index (χ2v) is 9.04. The molecule has 6 nitrogen and oxygen atoms in total. The van der Waals surface area contributed by atoms with E-state index in [2.05, 4.69) is 26.2 Å². The van der Waals surface area contributed by atoms with Crippen molar-refractivity contribution in [2.75, 3.05) is 5.32 Å². The molecule has 0 spiro atoms. The summed E-state index contributed by atoms with van der Waals surface area (Å²) in [6.45, 7) is 1.43. The summed E-state index contributed by atoms with van der Waals surface area (Å²) in [7, 11) is -3.88. The van der Waals surface area contributed by atoms with E-state index in [1.165, 1.54) is 10.9 Å². The van der Waals surface area contributed by atoms with E-state index >= 15 is 0 Å². The summed E-state index contributed by atoms with van der Waals surface area (Å²) in [6.07, 6.45) is 1.56. The van der Waals surface area contributed by atoms with Crippen LogP contribution in [0.3, 0.4) is 0 Å². The van der Waals surface area contributed by atoms with Gasteiger partial charge in [-0.15, -0.1) is 0 Å². The molecule has 0 saturated heterocycles. The lowest BCUT2D eigenvalue weighted by Crippen LogP contribution is -2.14. The lowest BCUT2D eigenvalue weighted by Gasteiger charge is -2.12. The van der Waals surface area contributed by atoms with Gasteiger partial charge < -0.3 is 5.32 Å². The normalized spacial score (nSPS) is 11.5. The first-order valence-electron chi connectivity index (χ1n) is 8.72. The van der Waals surface area contributed by atoms with Crippen molar-refractivity contribution < 1.29 is 13.2 Å². The lowest BCUT2D eigenvalue weighted by molar-refractivity contribution is -0.114. The van der Waals surface area contributed by atoms with Crippen LogP contribution in [0.5, 0.6) is 0 Å². The molecule has 2 heterocycles. The summed E-state index contributed by atoms with van der Waals surface area (Å²) in [5.41, 5.74) is 2.14. The smallest absolute Gasteiger partial charge is 0.269 e. The molecule has 0 unspecified atom stereocenters. The average molecular weight is 470 g/mol. The predicted molar refractivity (Wildman–Crippen MR) is 116 cm³/mol. The number of anilines is 1. The molecule has 4 rings (SSSR count). The molecule has 8 heteroatoms. The van der Waals surface area contributed by atoms with Crippen LogP contribution in [0.4, 0.5) is 5.69 Å². The summed E-state index contributed by atoms with van der Waals surface area (Å²) in [6, 6.07) is 18.8. The van der Waals surface area contributed by atoms with Crippen molar-refractivity contribution in [3.63, 3.8) is 0 Å². The summed E-state index contributed by atoms with van der Waals surface area (Å²) < 4.78 is 29.0. The number of carbonyl (C=O) groups is 1. The van der Waals surface area contributed by atoms with Gasteiger partial charge in [-0.3, -0.25) is 4.79 Å². The largest absolute Gasteiger partial charge is 0.326 e. The highest BCUT2D eigenvalue weighted by molar-refractivity contribution is 9.10. The van der Waals surface area contributed by atoms with E-state index in [0.29, 0.717) is 28.0 Å². The Morgan fingerprint density at radius 3 is 2.38 bits per heavy atom. The molecular weight excluding hydrogens is 454 g/mol. The Hall–Kier alpha value is -2.97. The van der Waals surface area contributed by atoms with E-state index in [0.717, 1.165) is 4.47 Å². The SMILES string of the molecule is CC(=O)Nc1ccc(-c2cc3c(Br)ccnc3n2S(=O)(=O)c2ccccc2)cc1. The van der Waals surface area contributed by atoms with Gasteiger partial charge >= 0.3 is 0 Å². The fraction of sp³-hybridized carbons (Fsp3) is 0.0476. The van der Waals surface area contributed by atoms with Gasteiger partial charge in [0.2, 0.25) is 5.91 Å². The Balaban J connectivity index is 1.97. The molecule has 4 aromatic rings. The van der Waals surface area contributed by atoms with Crippen LogP contribution in [0.2, 0.25) is 0 Å². The van der Waals surface area contributed by atoms with Gasteiger partial charge in [-0.25, -0.2) is 17.4 Å². The minimum Gasteiger partial charge on any atom is -0.326 e. The van der Waals surface area contributed by atoms with Gasteiger partial charge in [0.15, 0.2) is 5.65 Å². The Bertz CT molecular complexity index is 1310. The molecular formula is C21H16BrN3O3S. The number of amides is 1. The molecule has 0 bridgehead atoms. The maximum Gasteiger partial charge on any atom is 0.269 e. The molecule has 0 fully saturated rings. The van der Waals surface area contributed by atoms with Crippen LogP contribution >= 0.6 is 15.9 Å². The highest BCUT2D eigenvalue weighted by Gasteiger charge is 2.25. The number of nitrogens with zero attached hydrogens (tertiary/aromatic N) is 2. The van der Waals surface area contributed by atoms with Crippen LogP contribution in [0.15, 0.2) is 82.3 Å². The van der Waals surface area contributed by atoms with Crippen molar-refractivity contribution in [3.05, 3.63) is 77.4 Å².